The van der Waals surface area contributed by atoms with E-state index in [1.165, 1.54) is 19.9 Å². The van der Waals surface area contributed by atoms with Crippen LogP contribution in [0.15, 0.2) is 12.1 Å². The van der Waals surface area contributed by atoms with Crippen molar-refractivity contribution < 1.29 is 14.3 Å². The quantitative estimate of drug-likeness (QED) is 0.598. The fourth-order valence-electron chi connectivity index (χ4n) is 4.65. The summed E-state index contributed by atoms with van der Waals surface area (Å²) in [4.78, 5) is 16.7. The van der Waals surface area contributed by atoms with Gasteiger partial charge in [-0.05, 0) is 77.5 Å². The molecule has 0 unspecified atom stereocenters. The molecule has 1 saturated carbocycles. The summed E-state index contributed by atoms with van der Waals surface area (Å²) in [6, 6.07) is 3.53. The summed E-state index contributed by atoms with van der Waals surface area (Å²) in [5.41, 5.74) is -0.522. The summed E-state index contributed by atoms with van der Waals surface area (Å²) in [7, 11) is 0. The molecule has 8 heteroatoms. The van der Waals surface area contributed by atoms with Gasteiger partial charge in [0.1, 0.15) is 11.4 Å². The molecule has 1 aliphatic carbocycles. The first-order chi connectivity index (χ1) is 14.6. The fourth-order valence-corrected chi connectivity index (χ4v) is 5.08. The second-order valence-corrected chi connectivity index (χ2v) is 10.3. The van der Waals surface area contributed by atoms with Crippen molar-refractivity contribution in [2.45, 2.75) is 70.6 Å². The number of nitrogens with one attached hydrogen (secondary N) is 1. The van der Waals surface area contributed by atoms with Gasteiger partial charge >= 0.3 is 0 Å². The minimum atomic E-state index is -1.32. The van der Waals surface area contributed by atoms with Crippen molar-refractivity contribution in [3.05, 3.63) is 28.0 Å². The molecular weight excluding hydrogens is 440 g/mol. The van der Waals surface area contributed by atoms with Crippen molar-refractivity contribution >= 4 is 34.8 Å². The van der Waals surface area contributed by atoms with E-state index < -0.39 is 11.4 Å². The summed E-state index contributed by atoms with van der Waals surface area (Å²) >= 11 is 12.3. The lowest BCUT2D eigenvalue weighted by molar-refractivity contribution is -0.137. The molecule has 2 fully saturated rings. The van der Waals surface area contributed by atoms with Crippen LogP contribution in [0.4, 0.5) is 10.1 Å². The van der Waals surface area contributed by atoms with Gasteiger partial charge in [0.05, 0.1) is 15.7 Å². The molecule has 0 aromatic heterocycles. The van der Waals surface area contributed by atoms with Crippen LogP contribution in [0.1, 0.15) is 52.9 Å². The SMILES string of the molecule is C[C@@H]1CN(CCC2CCC(NC(=O)C(C)(C)O)CC2)CCN1c1ccc(F)c(Cl)c1Cl. The number of benzene rings is 1. The first-order valence-corrected chi connectivity index (χ1v) is 12.0. The predicted octanol–water partition coefficient (Wildman–Crippen LogP) is 4.48. The van der Waals surface area contributed by atoms with Gasteiger partial charge in [-0.3, -0.25) is 9.69 Å². The Hall–Kier alpha value is -1.08. The van der Waals surface area contributed by atoms with Crippen LogP contribution in [-0.4, -0.2) is 59.8 Å². The zero-order chi connectivity index (χ0) is 22.8. The minimum Gasteiger partial charge on any atom is -0.381 e. The van der Waals surface area contributed by atoms with Crippen LogP contribution in [0, 0.1) is 11.7 Å². The van der Waals surface area contributed by atoms with E-state index in [9.17, 15) is 14.3 Å². The van der Waals surface area contributed by atoms with E-state index in [2.05, 4.69) is 22.0 Å². The third kappa shape index (κ3) is 6.25. The Morgan fingerprint density at radius 2 is 1.87 bits per heavy atom. The van der Waals surface area contributed by atoms with Crippen molar-refractivity contribution in [2.75, 3.05) is 31.1 Å². The number of carbonyl (C=O) groups is 1. The third-order valence-electron chi connectivity index (χ3n) is 6.63. The molecule has 1 aliphatic heterocycles. The van der Waals surface area contributed by atoms with Gasteiger partial charge in [-0.2, -0.15) is 0 Å². The first-order valence-electron chi connectivity index (χ1n) is 11.2. The predicted molar refractivity (Wildman–Crippen MR) is 124 cm³/mol. The van der Waals surface area contributed by atoms with E-state index in [4.69, 9.17) is 23.2 Å². The Morgan fingerprint density at radius 3 is 2.48 bits per heavy atom. The second kappa shape index (κ2) is 10.2. The molecule has 5 nitrogen and oxygen atoms in total. The lowest BCUT2D eigenvalue weighted by atomic mass is 9.83. The maximum absolute atomic E-state index is 13.6. The van der Waals surface area contributed by atoms with Crippen LogP contribution in [0.25, 0.3) is 0 Å². The summed E-state index contributed by atoms with van der Waals surface area (Å²) in [6.45, 7) is 8.96. The maximum Gasteiger partial charge on any atom is 0.251 e. The number of hydrogen-bond donors (Lipinski definition) is 2. The van der Waals surface area contributed by atoms with Gasteiger partial charge in [0.15, 0.2) is 0 Å². The van der Waals surface area contributed by atoms with Crippen molar-refractivity contribution in [3.8, 4) is 0 Å². The van der Waals surface area contributed by atoms with E-state index >= 15 is 0 Å². The van der Waals surface area contributed by atoms with E-state index in [0.717, 1.165) is 64.0 Å². The van der Waals surface area contributed by atoms with Crippen molar-refractivity contribution in [3.63, 3.8) is 0 Å². The highest BCUT2D eigenvalue weighted by molar-refractivity contribution is 6.43. The molecule has 2 N–H and O–H groups in total. The number of anilines is 1. The number of nitrogens with zero attached hydrogens (tertiary/aromatic N) is 2. The Kier molecular flexibility index (Phi) is 8.11. The lowest BCUT2D eigenvalue weighted by Crippen LogP contribution is -2.52. The number of piperazine rings is 1. The summed E-state index contributed by atoms with van der Waals surface area (Å²) in [5, 5.41) is 13.1. The Balaban J connectivity index is 1.43. The Morgan fingerprint density at radius 1 is 1.19 bits per heavy atom. The van der Waals surface area contributed by atoms with Gasteiger partial charge in [-0.1, -0.05) is 23.2 Å². The van der Waals surface area contributed by atoms with Gasteiger partial charge in [-0.15, -0.1) is 0 Å². The highest BCUT2D eigenvalue weighted by atomic mass is 35.5. The number of carbonyl (C=O) groups excluding carboxylic acids is 1. The largest absolute Gasteiger partial charge is 0.381 e. The number of rotatable bonds is 6. The van der Waals surface area contributed by atoms with Gasteiger partial charge in [-0.25, -0.2) is 4.39 Å². The third-order valence-corrected chi connectivity index (χ3v) is 7.48. The number of aliphatic hydroxyl groups is 1. The van der Waals surface area contributed by atoms with Crippen molar-refractivity contribution in [2.24, 2.45) is 5.92 Å². The number of hydrogen-bond acceptors (Lipinski definition) is 4. The zero-order valence-electron chi connectivity index (χ0n) is 18.6. The van der Waals surface area contributed by atoms with Crippen LogP contribution in [0.3, 0.4) is 0 Å². The average molecular weight is 474 g/mol. The molecule has 1 aromatic carbocycles. The molecular formula is C23H34Cl2FN3O2. The standard InChI is InChI=1S/C23H34Cl2FN3O2/c1-15-14-28(12-13-29(15)19-9-8-18(26)20(24)21(19)25)11-10-16-4-6-17(7-5-16)27-22(30)23(2,3)31/h8-9,15-17,31H,4-7,10-14H2,1-3H3,(H,27,30)/t15-,16?,17?/m1/s1. The molecule has 1 amide bonds. The summed E-state index contributed by atoms with van der Waals surface area (Å²) in [5.74, 6) is -0.101. The monoisotopic (exact) mass is 473 g/mol. The van der Waals surface area contributed by atoms with Gasteiger partial charge in [0, 0.05) is 31.7 Å². The minimum absolute atomic E-state index is 0.0110. The van der Waals surface area contributed by atoms with Crippen LogP contribution in [0.2, 0.25) is 10.0 Å². The smallest absolute Gasteiger partial charge is 0.251 e. The van der Waals surface area contributed by atoms with E-state index in [-0.39, 0.29) is 28.0 Å². The molecule has 0 radical (unpaired) electrons. The van der Waals surface area contributed by atoms with Gasteiger partial charge in [0.25, 0.3) is 5.91 Å². The molecule has 1 saturated heterocycles. The fraction of sp³-hybridized carbons (Fsp3) is 0.696. The highest BCUT2D eigenvalue weighted by Gasteiger charge is 2.30. The van der Waals surface area contributed by atoms with Crippen molar-refractivity contribution in [1.29, 1.82) is 0 Å². The molecule has 1 atom stereocenters. The number of amides is 1. The van der Waals surface area contributed by atoms with Crippen LogP contribution in [0.5, 0.6) is 0 Å². The second-order valence-electron chi connectivity index (χ2n) is 9.58. The molecule has 1 aromatic rings. The molecule has 0 spiro atoms. The normalized spacial score (nSPS) is 25.5. The first kappa shape index (κ1) is 24.6. The Bertz CT molecular complexity index is 779. The molecule has 0 bridgehead atoms. The van der Waals surface area contributed by atoms with Crippen LogP contribution >= 0.6 is 23.2 Å². The molecule has 31 heavy (non-hydrogen) atoms. The van der Waals surface area contributed by atoms with Crippen molar-refractivity contribution in [1.82, 2.24) is 10.2 Å². The lowest BCUT2D eigenvalue weighted by Gasteiger charge is -2.42. The van der Waals surface area contributed by atoms with E-state index in [1.54, 1.807) is 6.07 Å². The maximum atomic E-state index is 13.6. The molecule has 2 aliphatic rings. The molecule has 1 heterocycles. The summed E-state index contributed by atoms with van der Waals surface area (Å²) in [6.07, 6.45) is 5.31. The van der Waals surface area contributed by atoms with E-state index in [0.29, 0.717) is 5.92 Å². The summed E-state index contributed by atoms with van der Waals surface area (Å²) < 4.78 is 13.6. The van der Waals surface area contributed by atoms with Gasteiger partial charge in [0.2, 0.25) is 0 Å². The van der Waals surface area contributed by atoms with Crippen LogP contribution < -0.4 is 10.2 Å². The van der Waals surface area contributed by atoms with Crippen LogP contribution in [-0.2, 0) is 4.79 Å². The molecule has 174 valence electrons. The Labute approximate surface area is 194 Å². The average Bonchev–Trinajstić information content (AvgIpc) is 2.72. The van der Waals surface area contributed by atoms with E-state index in [1.807, 2.05) is 0 Å². The van der Waals surface area contributed by atoms with Gasteiger partial charge < -0.3 is 15.3 Å². The zero-order valence-corrected chi connectivity index (χ0v) is 20.1. The number of halogens is 3. The molecule has 3 rings (SSSR count). The highest BCUT2D eigenvalue weighted by Crippen LogP contribution is 2.36. The topological polar surface area (TPSA) is 55.8 Å².